The number of hydrogen-bond donors (Lipinski definition) is 1. The van der Waals surface area contributed by atoms with Crippen molar-refractivity contribution in [1.82, 2.24) is 24.6 Å². The van der Waals surface area contributed by atoms with Gasteiger partial charge in [0.1, 0.15) is 0 Å². The summed E-state index contributed by atoms with van der Waals surface area (Å²) in [4.78, 5) is 4.13. The Balaban J connectivity index is 1.87. The Kier molecular flexibility index (Phi) is 3.36. The van der Waals surface area contributed by atoms with E-state index in [2.05, 4.69) is 26.9 Å². The second-order valence-corrected chi connectivity index (χ2v) is 3.72. The van der Waals surface area contributed by atoms with E-state index in [9.17, 15) is 0 Å². The van der Waals surface area contributed by atoms with Gasteiger partial charge in [0, 0.05) is 39.1 Å². The van der Waals surface area contributed by atoms with E-state index >= 15 is 0 Å². The number of imidazole rings is 1. The molecule has 16 heavy (non-hydrogen) atoms. The Labute approximate surface area is 95.1 Å². The summed E-state index contributed by atoms with van der Waals surface area (Å²) >= 11 is 0. The summed E-state index contributed by atoms with van der Waals surface area (Å²) in [6.45, 7) is 4.74. The van der Waals surface area contributed by atoms with E-state index in [1.165, 1.54) is 11.4 Å². The number of nitrogens with zero attached hydrogens (tertiary/aromatic N) is 4. The van der Waals surface area contributed by atoms with Crippen molar-refractivity contribution in [3.05, 3.63) is 36.2 Å². The van der Waals surface area contributed by atoms with Crippen molar-refractivity contribution >= 4 is 0 Å². The van der Waals surface area contributed by atoms with Crippen LogP contribution in [-0.2, 0) is 26.7 Å². The Morgan fingerprint density at radius 3 is 2.81 bits per heavy atom. The fourth-order valence-corrected chi connectivity index (χ4v) is 1.67. The number of aromatic nitrogens is 4. The summed E-state index contributed by atoms with van der Waals surface area (Å²) in [6.07, 6.45) is 5.58. The lowest BCUT2D eigenvalue weighted by Gasteiger charge is -2.07. The molecule has 5 heteroatoms. The number of hydrogen-bond acceptors (Lipinski definition) is 3. The van der Waals surface area contributed by atoms with E-state index in [4.69, 9.17) is 0 Å². The highest BCUT2D eigenvalue weighted by molar-refractivity contribution is 5.01. The van der Waals surface area contributed by atoms with E-state index in [0.717, 1.165) is 19.6 Å². The molecule has 0 aliphatic carbocycles. The van der Waals surface area contributed by atoms with Crippen LogP contribution in [-0.4, -0.2) is 19.3 Å². The van der Waals surface area contributed by atoms with Gasteiger partial charge in [-0.1, -0.05) is 0 Å². The molecule has 0 spiro atoms. The molecule has 0 bridgehead atoms. The maximum atomic E-state index is 4.13. The average molecular weight is 219 g/mol. The highest BCUT2D eigenvalue weighted by Crippen LogP contribution is 2.00. The van der Waals surface area contributed by atoms with Crippen molar-refractivity contribution in [2.45, 2.75) is 26.6 Å². The van der Waals surface area contributed by atoms with Gasteiger partial charge in [-0.25, -0.2) is 4.98 Å². The molecular weight excluding hydrogens is 202 g/mol. The molecule has 0 aliphatic rings. The van der Waals surface area contributed by atoms with Crippen LogP contribution in [0.3, 0.4) is 0 Å². The molecule has 2 aromatic heterocycles. The zero-order valence-electron chi connectivity index (χ0n) is 9.72. The molecule has 0 atom stereocenters. The van der Waals surface area contributed by atoms with Crippen molar-refractivity contribution in [1.29, 1.82) is 0 Å². The fourth-order valence-electron chi connectivity index (χ4n) is 1.67. The van der Waals surface area contributed by atoms with E-state index < -0.39 is 0 Å². The molecule has 0 aliphatic heterocycles. The Morgan fingerprint density at radius 1 is 1.31 bits per heavy atom. The Bertz CT molecular complexity index is 443. The molecule has 2 aromatic rings. The second-order valence-electron chi connectivity index (χ2n) is 3.72. The predicted molar refractivity (Wildman–Crippen MR) is 61.7 cm³/mol. The number of rotatable bonds is 5. The van der Waals surface area contributed by atoms with Gasteiger partial charge in [0.05, 0.1) is 17.7 Å². The van der Waals surface area contributed by atoms with Crippen molar-refractivity contribution in [2.24, 2.45) is 7.05 Å². The molecule has 0 fully saturated rings. The van der Waals surface area contributed by atoms with Gasteiger partial charge < -0.3 is 9.88 Å². The molecule has 5 nitrogen and oxygen atoms in total. The standard InChI is InChI=1S/C11H17N5/c1-3-16-9-13-8-11(16)7-12-6-10-4-5-14-15(10)2/h4-5,8-9,12H,3,6-7H2,1-2H3. The normalized spacial score (nSPS) is 10.9. The lowest BCUT2D eigenvalue weighted by atomic mass is 10.4. The molecular formula is C11H17N5. The van der Waals surface area contributed by atoms with Crippen molar-refractivity contribution in [3.8, 4) is 0 Å². The maximum Gasteiger partial charge on any atom is 0.0948 e. The molecule has 0 saturated carbocycles. The van der Waals surface area contributed by atoms with Crippen LogP contribution in [0.25, 0.3) is 0 Å². The van der Waals surface area contributed by atoms with Crippen LogP contribution < -0.4 is 5.32 Å². The van der Waals surface area contributed by atoms with Gasteiger partial charge in [-0.15, -0.1) is 0 Å². The van der Waals surface area contributed by atoms with E-state index in [-0.39, 0.29) is 0 Å². The summed E-state index contributed by atoms with van der Waals surface area (Å²) in [6, 6.07) is 2.02. The molecule has 0 saturated heterocycles. The third-order valence-corrected chi connectivity index (χ3v) is 2.67. The summed E-state index contributed by atoms with van der Waals surface area (Å²) in [5.41, 5.74) is 2.40. The molecule has 0 aromatic carbocycles. The Hall–Kier alpha value is -1.62. The van der Waals surface area contributed by atoms with Gasteiger partial charge in [-0.2, -0.15) is 5.10 Å². The van der Waals surface area contributed by atoms with Crippen molar-refractivity contribution < 1.29 is 0 Å². The van der Waals surface area contributed by atoms with Crippen molar-refractivity contribution in [2.75, 3.05) is 0 Å². The molecule has 0 radical (unpaired) electrons. The smallest absolute Gasteiger partial charge is 0.0948 e. The topological polar surface area (TPSA) is 47.7 Å². The van der Waals surface area contributed by atoms with Crippen LogP contribution in [0.2, 0.25) is 0 Å². The summed E-state index contributed by atoms with van der Waals surface area (Å²) < 4.78 is 4.01. The third kappa shape index (κ3) is 2.30. The average Bonchev–Trinajstić information content (AvgIpc) is 2.88. The van der Waals surface area contributed by atoms with Crippen LogP contribution in [0.5, 0.6) is 0 Å². The quantitative estimate of drug-likeness (QED) is 0.813. The van der Waals surface area contributed by atoms with E-state index in [1.807, 2.05) is 36.5 Å². The minimum Gasteiger partial charge on any atom is -0.334 e. The van der Waals surface area contributed by atoms with Gasteiger partial charge in [-0.3, -0.25) is 4.68 Å². The van der Waals surface area contributed by atoms with Gasteiger partial charge in [0.2, 0.25) is 0 Å². The zero-order valence-corrected chi connectivity index (χ0v) is 9.72. The maximum absolute atomic E-state index is 4.13. The fraction of sp³-hybridized carbons (Fsp3) is 0.455. The first-order valence-corrected chi connectivity index (χ1v) is 5.48. The lowest BCUT2D eigenvalue weighted by molar-refractivity contribution is 0.596. The molecule has 1 N–H and O–H groups in total. The van der Waals surface area contributed by atoms with Crippen LogP contribution in [0.4, 0.5) is 0 Å². The molecule has 2 heterocycles. The third-order valence-electron chi connectivity index (χ3n) is 2.67. The molecule has 86 valence electrons. The first-order valence-electron chi connectivity index (χ1n) is 5.48. The number of aryl methyl sites for hydroxylation is 2. The van der Waals surface area contributed by atoms with Gasteiger partial charge in [-0.05, 0) is 13.0 Å². The summed E-state index contributed by atoms with van der Waals surface area (Å²) in [5.74, 6) is 0. The zero-order chi connectivity index (χ0) is 11.4. The molecule has 0 amide bonds. The lowest BCUT2D eigenvalue weighted by Crippen LogP contribution is -2.17. The monoisotopic (exact) mass is 219 g/mol. The van der Waals surface area contributed by atoms with Gasteiger partial charge in [0.15, 0.2) is 0 Å². The first kappa shape index (κ1) is 10.9. The summed E-state index contributed by atoms with van der Waals surface area (Å²) in [7, 11) is 1.95. The van der Waals surface area contributed by atoms with Crippen LogP contribution in [0.15, 0.2) is 24.8 Å². The SMILES string of the molecule is CCn1cncc1CNCc1ccnn1C. The first-order chi connectivity index (χ1) is 7.81. The predicted octanol–water partition coefficient (Wildman–Crippen LogP) is 0.926. The van der Waals surface area contributed by atoms with Crippen LogP contribution >= 0.6 is 0 Å². The minimum atomic E-state index is 0.825. The van der Waals surface area contributed by atoms with E-state index in [0.29, 0.717) is 0 Å². The highest BCUT2D eigenvalue weighted by Gasteiger charge is 2.01. The minimum absolute atomic E-state index is 0.825. The highest BCUT2D eigenvalue weighted by atomic mass is 15.3. The molecule has 0 unspecified atom stereocenters. The van der Waals surface area contributed by atoms with Crippen molar-refractivity contribution in [3.63, 3.8) is 0 Å². The van der Waals surface area contributed by atoms with E-state index in [1.54, 1.807) is 0 Å². The van der Waals surface area contributed by atoms with Crippen LogP contribution in [0.1, 0.15) is 18.3 Å². The van der Waals surface area contributed by atoms with Gasteiger partial charge in [0.25, 0.3) is 0 Å². The van der Waals surface area contributed by atoms with Crippen LogP contribution in [0, 0.1) is 0 Å². The number of nitrogens with one attached hydrogen (secondary N) is 1. The summed E-state index contributed by atoms with van der Waals surface area (Å²) in [5, 5.41) is 7.51. The second kappa shape index (κ2) is 4.94. The Morgan fingerprint density at radius 2 is 2.12 bits per heavy atom. The largest absolute Gasteiger partial charge is 0.334 e. The molecule has 2 rings (SSSR count). The van der Waals surface area contributed by atoms with Gasteiger partial charge >= 0.3 is 0 Å².